The van der Waals surface area contributed by atoms with Gasteiger partial charge in [0.25, 0.3) is 5.92 Å². The second kappa shape index (κ2) is 5.18. The molecule has 2 aliphatic rings. The molecule has 7 heteroatoms. The smallest absolute Gasteiger partial charge is 0.407 e. The highest BCUT2D eigenvalue weighted by Gasteiger charge is 2.72. The van der Waals surface area contributed by atoms with Crippen LogP contribution in [0, 0.1) is 5.41 Å². The Morgan fingerprint density at radius 1 is 1.30 bits per heavy atom. The number of halogens is 2. The lowest BCUT2D eigenvalue weighted by Crippen LogP contribution is -2.42. The Morgan fingerprint density at radius 2 is 1.91 bits per heavy atom. The molecule has 2 atom stereocenters. The SMILES string of the molecule is COC(=O)c1ccc([C@@H]2C[C@]3(CCN2C(=O)O)CC3(F)F)cc1. The molecule has 1 spiro atoms. The van der Waals surface area contributed by atoms with Gasteiger partial charge in [0.15, 0.2) is 0 Å². The summed E-state index contributed by atoms with van der Waals surface area (Å²) in [5, 5.41) is 9.34. The molecule has 1 aromatic carbocycles. The Kier molecular flexibility index (Phi) is 3.54. The van der Waals surface area contributed by atoms with Gasteiger partial charge in [-0.1, -0.05) is 12.1 Å². The molecule has 5 nitrogen and oxygen atoms in total. The zero-order chi connectivity index (χ0) is 16.8. The minimum atomic E-state index is -2.71. The number of carbonyl (C=O) groups is 2. The third-order valence-electron chi connectivity index (χ3n) is 4.97. The maximum absolute atomic E-state index is 13.7. The van der Waals surface area contributed by atoms with Crippen LogP contribution in [0.25, 0.3) is 0 Å². The summed E-state index contributed by atoms with van der Waals surface area (Å²) < 4.78 is 32.0. The van der Waals surface area contributed by atoms with Crippen LogP contribution in [0.4, 0.5) is 13.6 Å². The number of methoxy groups -OCH3 is 1. The first-order valence-corrected chi connectivity index (χ1v) is 7.35. The van der Waals surface area contributed by atoms with Crippen LogP contribution in [0.5, 0.6) is 0 Å². The number of benzene rings is 1. The summed E-state index contributed by atoms with van der Waals surface area (Å²) in [6.45, 7) is 0.0916. The van der Waals surface area contributed by atoms with Gasteiger partial charge in [-0.2, -0.15) is 0 Å². The van der Waals surface area contributed by atoms with Crippen LogP contribution in [-0.4, -0.2) is 41.6 Å². The minimum Gasteiger partial charge on any atom is -0.465 e. The number of hydrogen-bond acceptors (Lipinski definition) is 3. The topological polar surface area (TPSA) is 66.8 Å². The first-order chi connectivity index (χ1) is 10.8. The third kappa shape index (κ3) is 2.54. The van der Waals surface area contributed by atoms with E-state index in [2.05, 4.69) is 4.74 Å². The average molecular weight is 325 g/mol. The molecule has 1 saturated heterocycles. The first kappa shape index (κ1) is 15.7. The standard InChI is InChI=1S/C16H17F2NO4/c1-23-13(20)11-4-2-10(3-5-11)12-8-15(9-16(15,17)18)6-7-19(12)14(21)22/h2-5,12H,6-9H2,1H3,(H,21,22)/t12-,15+/m0/s1. The number of rotatable bonds is 2. The number of amides is 1. The van der Waals surface area contributed by atoms with Crippen molar-refractivity contribution in [1.29, 1.82) is 0 Å². The number of likely N-dealkylation sites (tertiary alicyclic amines) is 1. The molecule has 3 rings (SSSR count). The Labute approximate surface area is 131 Å². The van der Waals surface area contributed by atoms with Gasteiger partial charge in [0.05, 0.1) is 18.7 Å². The third-order valence-corrected chi connectivity index (χ3v) is 4.97. The molecule has 0 aromatic heterocycles. The van der Waals surface area contributed by atoms with Crippen LogP contribution in [-0.2, 0) is 4.74 Å². The Morgan fingerprint density at radius 3 is 2.39 bits per heavy atom. The van der Waals surface area contributed by atoms with E-state index >= 15 is 0 Å². The van der Waals surface area contributed by atoms with Crippen LogP contribution < -0.4 is 0 Å². The van der Waals surface area contributed by atoms with Crippen LogP contribution >= 0.6 is 0 Å². The molecule has 1 aliphatic carbocycles. The normalized spacial score (nSPS) is 28.5. The van der Waals surface area contributed by atoms with E-state index in [1.807, 2.05) is 0 Å². The van der Waals surface area contributed by atoms with E-state index in [9.17, 15) is 23.5 Å². The average Bonchev–Trinajstić information content (AvgIpc) is 3.05. The van der Waals surface area contributed by atoms with Crippen LogP contribution in [0.1, 0.15) is 41.2 Å². The lowest BCUT2D eigenvalue weighted by molar-refractivity contribution is 0.0122. The quantitative estimate of drug-likeness (QED) is 0.847. The van der Waals surface area contributed by atoms with Gasteiger partial charge in [0, 0.05) is 18.4 Å². The van der Waals surface area contributed by atoms with Crippen molar-refractivity contribution in [3.63, 3.8) is 0 Å². The van der Waals surface area contributed by atoms with Crippen LogP contribution in [0.15, 0.2) is 24.3 Å². The van der Waals surface area contributed by atoms with Gasteiger partial charge in [-0.05, 0) is 30.5 Å². The van der Waals surface area contributed by atoms with E-state index < -0.39 is 29.4 Å². The number of alkyl halides is 2. The lowest BCUT2D eigenvalue weighted by Gasteiger charge is -2.38. The molecule has 0 unspecified atom stereocenters. The van der Waals surface area contributed by atoms with E-state index in [1.54, 1.807) is 12.1 Å². The monoisotopic (exact) mass is 325 g/mol. The predicted molar refractivity (Wildman–Crippen MR) is 76.5 cm³/mol. The summed E-state index contributed by atoms with van der Waals surface area (Å²) in [6, 6.07) is 5.63. The van der Waals surface area contributed by atoms with E-state index in [1.165, 1.54) is 24.1 Å². The Balaban J connectivity index is 1.87. The summed E-state index contributed by atoms with van der Waals surface area (Å²) in [5.41, 5.74) is -0.132. The molecule has 1 aliphatic heterocycles. The highest BCUT2D eigenvalue weighted by molar-refractivity contribution is 5.89. The van der Waals surface area contributed by atoms with Gasteiger partial charge >= 0.3 is 12.1 Å². The zero-order valence-electron chi connectivity index (χ0n) is 12.6. The van der Waals surface area contributed by atoms with E-state index in [0.29, 0.717) is 11.1 Å². The molecule has 0 bridgehead atoms. The largest absolute Gasteiger partial charge is 0.465 e. The molecule has 124 valence electrons. The van der Waals surface area contributed by atoms with Crippen LogP contribution in [0.2, 0.25) is 0 Å². The summed E-state index contributed by atoms with van der Waals surface area (Å²) >= 11 is 0. The number of esters is 1. The van der Waals surface area contributed by atoms with Crippen molar-refractivity contribution in [2.75, 3.05) is 13.7 Å². The van der Waals surface area contributed by atoms with E-state index in [4.69, 9.17) is 0 Å². The van der Waals surface area contributed by atoms with Crippen molar-refractivity contribution in [3.05, 3.63) is 35.4 Å². The van der Waals surface area contributed by atoms with Gasteiger partial charge < -0.3 is 14.7 Å². The second-order valence-electron chi connectivity index (χ2n) is 6.22. The number of carboxylic acid groups (broad SMARTS) is 1. The maximum atomic E-state index is 13.7. The molecular formula is C16H17F2NO4. The molecule has 0 radical (unpaired) electrons. The fraction of sp³-hybridized carbons (Fsp3) is 0.500. The Hall–Kier alpha value is -2.18. The van der Waals surface area contributed by atoms with Gasteiger partial charge in [0.2, 0.25) is 0 Å². The summed E-state index contributed by atoms with van der Waals surface area (Å²) in [5.74, 6) is -3.21. The molecule has 1 aromatic rings. The fourth-order valence-corrected chi connectivity index (χ4v) is 3.43. The lowest BCUT2D eigenvalue weighted by atomic mass is 9.84. The number of hydrogen-bond donors (Lipinski definition) is 1. The highest BCUT2D eigenvalue weighted by Crippen LogP contribution is 2.68. The van der Waals surface area contributed by atoms with Crippen molar-refractivity contribution in [3.8, 4) is 0 Å². The first-order valence-electron chi connectivity index (χ1n) is 7.35. The summed E-state index contributed by atoms with van der Waals surface area (Å²) in [6.07, 6.45) is -1.01. The molecule has 1 amide bonds. The number of piperidine rings is 1. The summed E-state index contributed by atoms with van der Waals surface area (Å²) in [7, 11) is 1.27. The molecular weight excluding hydrogens is 308 g/mol. The number of ether oxygens (including phenoxy) is 1. The van der Waals surface area contributed by atoms with Gasteiger partial charge in [0.1, 0.15) is 0 Å². The van der Waals surface area contributed by atoms with E-state index in [-0.39, 0.29) is 25.8 Å². The zero-order valence-corrected chi connectivity index (χ0v) is 12.6. The molecule has 1 heterocycles. The second-order valence-corrected chi connectivity index (χ2v) is 6.22. The van der Waals surface area contributed by atoms with Gasteiger partial charge in [-0.15, -0.1) is 0 Å². The predicted octanol–water partition coefficient (Wildman–Crippen LogP) is 3.31. The number of carbonyl (C=O) groups excluding carboxylic acids is 1. The van der Waals surface area contributed by atoms with Crippen molar-refractivity contribution < 1.29 is 28.2 Å². The van der Waals surface area contributed by atoms with Gasteiger partial charge in [-0.3, -0.25) is 0 Å². The summed E-state index contributed by atoms with van der Waals surface area (Å²) in [4.78, 5) is 24.1. The fourth-order valence-electron chi connectivity index (χ4n) is 3.43. The van der Waals surface area contributed by atoms with Crippen molar-refractivity contribution >= 4 is 12.1 Å². The maximum Gasteiger partial charge on any atom is 0.407 e. The van der Waals surface area contributed by atoms with Crippen molar-refractivity contribution in [2.24, 2.45) is 5.41 Å². The molecule has 1 N–H and O–H groups in total. The highest BCUT2D eigenvalue weighted by atomic mass is 19.3. The molecule has 23 heavy (non-hydrogen) atoms. The molecule has 1 saturated carbocycles. The van der Waals surface area contributed by atoms with Gasteiger partial charge in [-0.25, -0.2) is 18.4 Å². The number of nitrogens with zero attached hydrogens (tertiary/aromatic N) is 1. The molecule has 2 fully saturated rings. The van der Waals surface area contributed by atoms with E-state index in [0.717, 1.165) is 0 Å². The van der Waals surface area contributed by atoms with Crippen molar-refractivity contribution in [2.45, 2.75) is 31.2 Å². The van der Waals surface area contributed by atoms with Crippen molar-refractivity contribution in [1.82, 2.24) is 4.90 Å². The minimum absolute atomic E-state index is 0.0916. The Bertz CT molecular complexity index is 646. The van der Waals surface area contributed by atoms with Crippen LogP contribution in [0.3, 0.4) is 0 Å².